The molecule has 0 atom stereocenters. The summed E-state index contributed by atoms with van der Waals surface area (Å²) in [6.07, 6.45) is -2.68. The van der Waals surface area contributed by atoms with Crippen LogP contribution in [0.1, 0.15) is 11.3 Å². The Morgan fingerprint density at radius 3 is 2.04 bits per heavy atom. The number of anilines is 1. The van der Waals surface area contributed by atoms with Crippen LogP contribution in [0.15, 0.2) is 30.4 Å². The van der Waals surface area contributed by atoms with Crippen LogP contribution in [0, 0.1) is 11.3 Å². The topological polar surface area (TPSA) is 79.0 Å². The van der Waals surface area contributed by atoms with E-state index >= 15 is 0 Å². The number of nitriles is 1. The molecule has 132 valence electrons. The molecule has 0 unspecified atom stereocenters. The maximum absolute atomic E-state index is 12.9. The molecule has 0 spiro atoms. The second-order valence-electron chi connectivity index (χ2n) is 5.04. The minimum Gasteiger partial charge on any atom is -0.269 e. The molecule has 11 heteroatoms. The lowest BCUT2D eigenvalue weighted by Crippen LogP contribution is -2.31. The molecule has 0 fully saturated rings. The molecular formula is C15H5Cl2F3N4O2. The molecule has 1 aliphatic rings. The average Bonchev–Trinajstić information content (AvgIpc) is 3.09. The molecule has 0 saturated heterocycles. The standard InChI is InChI=1S/C15H5Cl2F3N4O2/c16-9-3-7(15(18,19)20)4-10(17)14(9)24-11(5-8(6-21)22-24)23-12(25)1-2-13(23)26/h1-5H. The molecule has 26 heavy (non-hydrogen) atoms. The van der Waals surface area contributed by atoms with Gasteiger partial charge in [0.2, 0.25) is 0 Å². The van der Waals surface area contributed by atoms with Crippen LogP contribution in [0.3, 0.4) is 0 Å². The van der Waals surface area contributed by atoms with Crippen molar-refractivity contribution in [3.8, 4) is 11.8 Å². The van der Waals surface area contributed by atoms with Crippen LogP contribution in [-0.4, -0.2) is 21.6 Å². The van der Waals surface area contributed by atoms with Crippen molar-refractivity contribution >= 4 is 40.8 Å². The fraction of sp³-hybridized carbons (Fsp3) is 0.0667. The van der Waals surface area contributed by atoms with E-state index < -0.39 is 33.6 Å². The highest BCUT2D eigenvalue weighted by Gasteiger charge is 2.34. The number of aromatic nitrogens is 2. The Morgan fingerprint density at radius 2 is 1.58 bits per heavy atom. The Balaban J connectivity index is 2.23. The Labute approximate surface area is 153 Å². The second kappa shape index (κ2) is 6.16. The van der Waals surface area contributed by atoms with E-state index in [9.17, 15) is 22.8 Å². The monoisotopic (exact) mass is 400 g/mol. The highest BCUT2D eigenvalue weighted by molar-refractivity contribution is 6.38. The normalized spacial score (nSPS) is 14.2. The van der Waals surface area contributed by atoms with Gasteiger partial charge in [-0.15, -0.1) is 0 Å². The molecule has 0 radical (unpaired) electrons. The van der Waals surface area contributed by atoms with E-state index in [1.807, 2.05) is 0 Å². The molecule has 3 rings (SSSR count). The molecule has 0 saturated carbocycles. The first-order valence-corrected chi connectivity index (χ1v) is 7.52. The fourth-order valence-corrected chi connectivity index (χ4v) is 2.95. The summed E-state index contributed by atoms with van der Waals surface area (Å²) in [7, 11) is 0. The van der Waals surface area contributed by atoms with Gasteiger partial charge in [-0.2, -0.15) is 23.5 Å². The van der Waals surface area contributed by atoms with Crippen LogP contribution in [0.4, 0.5) is 19.0 Å². The predicted molar refractivity (Wildman–Crippen MR) is 84.9 cm³/mol. The van der Waals surface area contributed by atoms with Gasteiger partial charge in [-0.3, -0.25) is 9.59 Å². The van der Waals surface area contributed by atoms with Crippen molar-refractivity contribution in [3.05, 3.63) is 51.7 Å². The zero-order valence-corrected chi connectivity index (χ0v) is 13.9. The van der Waals surface area contributed by atoms with Gasteiger partial charge in [0.05, 0.1) is 15.6 Å². The van der Waals surface area contributed by atoms with Crippen molar-refractivity contribution in [2.45, 2.75) is 6.18 Å². The number of carbonyl (C=O) groups is 2. The molecule has 1 aliphatic heterocycles. The minimum absolute atomic E-state index is 0.176. The highest BCUT2D eigenvalue weighted by Crippen LogP contribution is 2.39. The third-order valence-corrected chi connectivity index (χ3v) is 3.98. The summed E-state index contributed by atoms with van der Waals surface area (Å²) in [6, 6.07) is 4.10. The summed E-state index contributed by atoms with van der Waals surface area (Å²) in [5, 5.41) is 12.0. The third kappa shape index (κ3) is 2.94. The zero-order valence-electron chi connectivity index (χ0n) is 12.4. The zero-order chi connectivity index (χ0) is 19.2. The lowest BCUT2D eigenvalue weighted by molar-refractivity contribution is -0.137. The van der Waals surface area contributed by atoms with Crippen molar-refractivity contribution in [3.63, 3.8) is 0 Å². The van der Waals surface area contributed by atoms with Crippen LogP contribution >= 0.6 is 23.2 Å². The number of carbonyl (C=O) groups excluding carboxylic acids is 2. The molecule has 0 aliphatic carbocycles. The van der Waals surface area contributed by atoms with Crippen LogP contribution < -0.4 is 4.90 Å². The lowest BCUT2D eigenvalue weighted by Gasteiger charge is -2.18. The van der Waals surface area contributed by atoms with Crippen molar-refractivity contribution < 1.29 is 22.8 Å². The first-order valence-electron chi connectivity index (χ1n) is 6.76. The Morgan fingerprint density at radius 1 is 1.04 bits per heavy atom. The molecule has 1 aromatic carbocycles. The molecule has 0 N–H and O–H groups in total. The van der Waals surface area contributed by atoms with Gasteiger partial charge >= 0.3 is 6.18 Å². The predicted octanol–water partition coefficient (Wildman–Crippen LogP) is 3.50. The Bertz CT molecular complexity index is 980. The maximum atomic E-state index is 12.9. The molecule has 0 bridgehead atoms. The number of imide groups is 1. The molecule has 6 nitrogen and oxygen atoms in total. The molecule has 2 heterocycles. The van der Waals surface area contributed by atoms with Crippen LogP contribution in [0.25, 0.3) is 5.69 Å². The Kier molecular flexibility index (Phi) is 4.26. The van der Waals surface area contributed by atoms with E-state index in [4.69, 9.17) is 28.5 Å². The smallest absolute Gasteiger partial charge is 0.269 e. The summed E-state index contributed by atoms with van der Waals surface area (Å²) in [5.41, 5.74) is -1.48. The fourth-order valence-electron chi connectivity index (χ4n) is 2.31. The van der Waals surface area contributed by atoms with Gasteiger partial charge < -0.3 is 0 Å². The molecule has 2 aromatic rings. The van der Waals surface area contributed by atoms with Crippen molar-refractivity contribution in [2.75, 3.05) is 4.90 Å². The van der Waals surface area contributed by atoms with E-state index in [-0.39, 0.29) is 17.2 Å². The van der Waals surface area contributed by atoms with E-state index in [0.29, 0.717) is 17.0 Å². The van der Waals surface area contributed by atoms with Crippen LogP contribution in [0.5, 0.6) is 0 Å². The summed E-state index contributed by atoms with van der Waals surface area (Å²) < 4.78 is 39.5. The largest absolute Gasteiger partial charge is 0.416 e. The maximum Gasteiger partial charge on any atom is 0.416 e. The van der Waals surface area contributed by atoms with Gasteiger partial charge in [-0.1, -0.05) is 23.2 Å². The summed E-state index contributed by atoms with van der Waals surface area (Å²) in [6.45, 7) is 0. The van der Waals surface area contributed by atoms with Crippen molar-refractivity contribution in [1.29, 1.82) is 5.26 Å². The van der Waals surface area contributed by atoms with Crippen LogP contribution in [0.2, 0.25) is 10.0 Å². The van der Waals surface area contributed by atoms with Gasteiger partial charge in [0.25, 0.3) is 11.8 Å². The number of hydrogen-bond donors (Lipinski definition) is 0. The van der Waals surface area contributed by atoms with E-state index in [1.165, 1.54) is 0 Å². The number of rotatable bonds is 2. The number of benzene rings is 1. The number of halogens is 5. The lowest BCUT2D eigenvalue weighted by atomic mass is 10.2. The molecule has 2 amide bonds. The van der Waals surface area contributed by atoms with Gasteiger partial charge in [0, 0.05) is 18.2 Å². The first kappa shape index (κ1) is 18.0. The Hall–Kier alpha value is -2.83. The van der Waals surface area contributed by atoms with Crippen molar-refractivity contribution in [1.82, 2.24) is 9.78 Å². The third-order valence-electron chi connectivity index (χ3n) is 3.40. The quantitative estimate of drug-likeness (QED) is 0.722. The number of hydrogen-bond acceptors (Lipinski definition) is 4. The van der Waals surface area contributed by atoms with Gasteiger partial charge in [-0.25, -0.2) is 9.58 Å². The van der Waals surface area contributed by atoms with Gasteiger partial charge in [0.1, 0.15) is 17.6 Å². The first-order chi connectivity index (χ1) is 12.1. The minimum atomic E-state index is -4.68. The average molecular weight is 401 g/mol. The summed E-state index contributed by atoms with van der Waals surface area (Å²) in [5.74, 6) is -1.59. The van der Waals surface area contributed by atoms with Gasteiger partial charge in [-0.05, 0) is 12.1 Å². The van der Waals surface area contributed by atoms with Crippen molar-refractivity contribution in [2.24, 2.45) is 0 Å². The highest BCUT2D eigenvalue weighted by atomic mass is 35.5. The molecular weight excluding hydrogens is 396 g/mol. The van der Waals surface area contributed by atoms with Gasteiger partial charge in [0.15, 0.2) is 5.69 Å². The summed E-state index contributed by atoms with van der Waals surface area (Å²) >= 11 is 11.9. The van der Waals surface area contributed by atoms with Crippen LogP contribution in [-0.2, 0) is 15.8 Å². The number of alkyl halides is 3. The molecule has 1 aromatic heterocycles. The second-order valence-corrected chi connectivity index (χ2v) is 5.86. The van der Waals surface area contributed by atoms with E-state index in [2.05, 4.69) is 5.10 Å². The number of amides is 2. The van der Waals surface area contributed by atoms with E-state index in [0.717, 1.165) is 22.9 Å². The number of nitrogens with zero attached hydrogens (tertiary/aromatic N) is 4. The van der Waals surface area contributed by atoms with E-state index in [1.54, 1.807) is 6.07 Å². The summed E-state index contributed by atoms with van der Waals surface area (Å²) in [4.78, 5) is 24.5. The SMILES string of the molecule is N#Cc1cc(N2C(=O)C=CC2=O)n(-c2c(Cl)cc(C(F)(F)F)cc2Cl)n1.